The molecule has 2 rings (SSSR count). The van der Waals surface area contributed by atoms with Gasteiger partial charge in [-0.1, -0.05) is 18.2 Å². The van der Waals surface area contributed by atoms with E-state index >= 15 is 0 Å². The molecule has 0 N–H and O–H groups in total. The minimum atomic E-state index is -3.71. The normalized spacial score (nSPS) is 16.7. The summed E-state index contributed by atoms with van der Waals surface area (Å²) in [5.74, 6) is 0. The zero-order chi connectivity index (χ0) is 11.1. The highest BCUT2D eigenvalue weighted by Crippen LogP contribution is 2.33. The number of rotatable bonds is 1. The van der Waals surface area contributed by atoms with E-state index in [1.54, 1.807) is 18.2 Å². The summed E-state index contributed by atoms with van der Waals surface area (Å²) < 4.78 is 27.8. The fraction of sp³-hybridized carbons (Fsp3) is 0. The summed E-state index contributed by atoms with van der Waals surface area (Å²) in [7, 11) is -3.71. The zero-order valence-corrected chi connectivity index (χ0v) is 8.88. The number of carbonyl (C=O) groups excluding carboxylic acids is 1. The first-order valence-electron chi connectivity index (χ1n) is 3.95. The van der Waals surface area contributed by atoms with E-state index in [1.165, 1.54) is 12.1 Å². The van der Waals surface area contributed by atoms with E-state index in [1.807, 2.05) is 0 Å². The van der Waals surface area contributed by atoms with Gasteiger partial charge in [-0.25, -0.2) is 13.2 Å². The Morgan fingerprint density at radius 3 is 2.53 bits per heavy atom. The molecule has 6 heteroatoms. The van der Waals surface area contributed by atoms with Gasteiger partial charge < -0.3 is 4.74 Å². The maximum Gasteiger partial charge on any atom is 0.409 e. The molecule has 0 aliphatic carbocycles. The number of carbonyl (C=O) groups is 1. The summed E-state index contributed by atoms with van der Waals surface area (Å²) in [5.41, 5.74) is -0.678. The molecule has 0 radical (unpaired) electrons. The average Bonchev–Trinajstić information content (AvgIpc) is 2.39. The maximum atomic E-state index is 11.7. The first-order chi connectivity index (χ1) is 7.01. The van der Waals surface area contributed by atoms with Crippen molar-refractivity contribution in [2.45, 2.75) is 4.90 Å². The van der Waals surface area contributed by atoms with Gasteiger partial charge in [-0.3, -0.25) is 0 Å². The summed E-state index contributed by atoms with van der Waals surface area (Å²) in [6, 6.07) is 6.34. The van der Waals surface area contributed by atoms with Crippen molar-refractivity contribution >= 4 is 32.9 Å². The summed E-state index contributed by atoms with van der Waals surface area (Å²) >= 11 is 4.96. The first-order valence-corrected chi connectivity index (χ1v) is 5.81. The van der Waals surface area contributed by atoms with E-state index < -0.39 is 20.4 Å². The highest BCUT2D eigenvalue weighted by atomic mass is 35.5. The Morgan fingerprint density at radius 2 is 1.93 bits per heavy atom. The van der Waals surface area contributed by atoms with Crippen molar-refractivity contribution < 1.29 is 17.9 Å². The standard InChI is InChI=1S/C9H5ClO4S/c10-9(11)14-8-5-6-3-1-2-4-7(6)15(8,12)13/h1-5H. The lowest BCUT2D eigenvalue weighted by Gasteiger charge is -2.00. The van der Waals surface area contributed by atoms with Crippen molar-refractivity contribution in [3.63, 3.8) is 0 Å². The van der Waals surface area contributed by atoms with E-state index in [2.05, 4.69) is 4.74 Å². The number of benzene rings is 1. The molecule has 0 fully saturated rings. The Balaban J connectivity index is 2.54. The molecule has 0 atom stereocenters. The van der Waals surface area contributed by atoms with Crippen LogP contribution in [0.25, 0.3) is 6.08 Å². The molecule has 1 aromatic carbocycles. The monoisotopic (exact) mass is 244 g/mol. The minimum Gasteiger partial charge on any atom is -0.402 e. The second kappa shape index (κ2) is 3.36. The van der Waals surface area contributed by atoms with Gasteiger partial charge in [0.15, 0.2) is 0 Å². The second-order valence-electron chi connectivity index (χ2n) is 2.84. The van der Waals surface area contributed by atoms with E-state index in [0.717, 1.165) is 0 Å². The Bertz CT molecular complexity index is 559. The topological polar surface area (TPSA) is 60.4 Å². The van der Waals surface area contributed by atoms with Crippen LogP contribution in [0.4, 0.5) is 4.79 Å². The van der Waals surface area contributed by atoms with Crippen LogP contribution >= 0.6 is 11.6 Å². The molecule has 1 aliphatic rings. The van der Waals surface area contributed by atoms with Crippen LogP contribution < -0.4 is 0 Å². The van der Waals surface area contributed by atoms with Crippen molar-refractivity contribution in [3.8, 4) is 0 Å². The van der Waals surface area contributed by atoms with E-state index in [9.17, 15) is 13.2 Å². The fourth-order valence-corrected chi connectivity index (χ4v) is 2.83. The largest absolute Gasteiger partial charge is 0.409 e. The number of hydrogen-bond acceptors (Lipinski definition) is 4. The molecule has 0 saturated carbocycles. The van der Waals surface area contributed by atoms with Crippen LogP contribution in [0.1, 0.15) is 5.56 Å². The van der Waals surface area contributed by atoms with Gasteiger partial charge in [-0.05, 0) is 11.6 Å². The highest BCUT2D eigenvalue weighted by Gasteiger charge is 2.32. The Labute approximate surface area is 91.0 Å². The van der Waals surface area contributed by atoms with Crippen molar-refractivity contribution in [1.82, 2.24) is 0 Å². The quantitative estimate of drug-likeness (QED) is 0.710. The number of hydrogen-bond donors (Lipinski definition) is 0. The number of halogens is 1. The molecular formula is C9H5ClO4S. The third-order valence-corrected chi connectivity index (χ3v) is 3.69. The zero-order valence-electron chi connectivity index (χ0n) is 7.31. The number of sulfone groups is 1. The van der Waals surface area contributed by atoms with Crippen molar-refractivity contribution in [2.75, 3.05) is 0 Å². The summed E-state index contributed by atoms with van der Waals surface area (Å²) in [5, 5.41) is -0.427. The minimum absolute atomic E-state index is 0.123. The van der Waals surface area contributed by atoms with Gasteiger partial charge in [0.05, 0.1) is 4.90 Å². The molecule has 0 bridgehead atoms. The predicted octanol–water partition coefficient (Wildman–Crippen LogP) is 2.15. The van der Waals surface area contributed by atoms with Gasteiger partial charge in [-0.2, -0.15) is 0 Å². The van der Waals surface area contributed by atoms with Crippen LogP contribution in [0.5, 0.6) is 0 Å². The van der Waals surface area contributed by atoms with Gasteiger partial charge in [0.2, 0.25) is 14.9 Å². The van der Waals surface area contributed by atoms with Crippen LogP contribution in [0, 0.1) is 0 Å². The SMILES string of the molecule is O=C(Cl)OC1=Cc2ccccc2S1(=O)=O. The van der Waals surface area contributed by atoms with Gasteiger partial charge >= 0.3 is 5.43 Å². The predicted molar refractivity (Wildman–Crippen MR) is 53.9 cm³/mol. The van der Waals surface area contributed by atoms with Crippen LogP contribution in [-0.4, -0.2) is 13.8 Å². The van der Waals surface area contributed by atoms with Crippen molar-refractivity contribution in [1.29, 1.82) is 0 Å². The van der Waals surface area contributed by atoms with Crippen molar-refractivity contribution in [2.24, 2.45) is 0 Å². The molecule has 0 unspecified atom stereocenters. The van der Waals surface area contributed by atoms with Gasteiger partial charge in [0, 0.05) is 17.7 Å². The Morgan fingerprint density at radius 1 is 1.27 bits per heavy atom. The summed E-state index contributed by atoms with van der Waals surface area (Å²) in [6.07, 6.45) is 1.27. The first kappa shape index (κ1) is 10.2. The molecule has 78 valence electrons. The maximum absolute atomic E-state index is 11.7. The van der Waals surface area contributed by atoms with Gasteiger partial charge in [0.25, 0.3) is 0 Å². The van der Waals surface area contributed by atoms with E-state index in [0.29, 0.717) is 5.56 Å². The lowest BCUT2D eigenvalue weighted by molar-refractivity contribution is 0.209. The number of ether oxygens (including phenoxy) is 1. The third-order valence-electron chi connectivity index (χ3n) is 1.93. The lowest BCUT2D eigenvalue weighted by atomic mass is 10.2. The fourth-order valence-electron chi connectivity index (χ4n) is 1.32. The molecule has 1 heterocycles. The van der Waals surface area contributed by atoms with E-state index in [-0.39, 0.29) is 4.90 Å². The van der Waals surface area contributed by atoms with Crippen molar-refractivity contribution in [3.05, 3.63) is 34.9 Å². The molecule has 0 amide bonds. The van der Waals surface area contributed by atoms with Gasteiger partial charge in [0.1, 0.15) is 0 Å². The molecule has 0 saturated heterocycles. The molecule has 15 heavy (non-hydrogen) atoms. The molecular weight excluding hydrogens is 240 g/mol. The smallest absolute Gasteiger partial charge is 0.402 e. The Kier molecular flexibility index (Phi) is 2.28. The summed E-state index contributed by atoms with van der Waals surface area (Å²) in [4.78, 5) is 10.6. The van der Waals surface area contributed by atoms with Crippen LogP contribution in [0.3, 0.4) is 0 Å². The molecule has 1 aliphatic heterocycles. The van der Waals surface area contributed by atoms with E-state index in [4.69, 9.17) is 11.6 Å². The highest BCUT2D eigenvalue weighted by molar-refractivity contribution is 7.95. The molecule has 1 aromatic rings. The van der Waals surface area contributed by atoms with Gasteiger partial charge in [-0.15, -0.1) is 0 Å². The lowest BCUT2D eigenvalue weighted by Crippen LogP contribution is -2.05. The third kappa shape index (κ3) is 1.64. The second-order valence-corrected chi connectivity index (χ2v) is 5.00. The molecule has 0 spiro atoms. The van der Waals surface area contributed by atoms with Crippen LogP contribution in [-0.2, 0) is 14.6 Å². The van der Waals surface area contributed by atoms with Crippen LogP contribution in [0.15, 0.2) is 34.3 Å². The Hall–Kier alpha value is -1.33. The molecule has 4 nitrogen and oxygen atoms in total. The van der Waals surface area contributed by atoms with Crippen LogP contribution in [0.2, 0.25) is 0 Å². The average molecular weight is 245 g/mol. The summed E-state index contributed by atoms with van der Waals surface area (Å²) in [6.45, 7) is 0. The number of fused-ring (bicyclic) bond motifs is 1. The molecule has 0 aromatic heterocycles.